The number of piperidine rings is 1. The number of aromatic amines is 1. The normalized spacial score (nSPS) is 16.4. The highest BCUT2D eigenvalue weighted by Crippen LogP contribution is 2.23. The van der Waals surface area contributed by atoms with Gasteiger partial charge in [0.1, 0.15) is 15.6 Å². The van der Waals surface area contributed by atoms with Crippen LogP contribution in [0.1, 0.15) is 32.7 Å². The number of hydrogen-bond donors (Lipinski definition) is 2. The van der Waals surface area contributed by atoms with E-state index in [9.17, 15) is 13.2 Å². The van der Waals surface area contributed by atoms with Crippen molar-refractivity contribution in [2.24, 2.45) is 0 Å². The first kappa shape index (κ1) is 20.8. The highest BCUT2D eigenvalue weighted by Gasteiger charge is 2.30. The molecule has 0 aromatic carbocycles. The number of aromatic nitrogens is 5. The third kappa shape index (κ3) is 3.80. The van der Waals surface area contributed by atoms with Gasteiger partial charge in [-0.2, -0.15) is 14.4 Å². The van der Waals surface area contributed by atoms with Crippen molar-refractivity contribution in [2.75, 3.05) is 18.4 Å². The van der Waals surface area contributed by atoms with Crippen LogP contribution in [0.2, 0.25) is 5.02 Å². The zero-order valence-corrected chi connectivity index (χ0v) is 18.1. The molecule has 1 fully saturated rings. The largest absolute Gasteiger partial charge is 0.351 e. The molecule has 0 amide bonds. The lowest BCUT2D eigenvalue weighted by Gasteiger charge is -2.31. The Morgan fingerprint density at radius 1 is 1.27 bits per heavy atom. The van der Waals surface area contributed by atoms with Crippen molar-refractivity contribution in [1.29, 1.82) is 0 Å². The van der Waals surface area contributed by atoms with E-state index in [1.165, 1.54) is 16.7 Å². The van der Waals surface area contributed by atoms with Crippen molar-refractivity contribution in [1.82, 2.24) is 29.0 Å². The molecule has 0 aliphatic carbocycles. The number of nitrogens with one attached hydrogen (secondary N) is 2. The number of rotatable bonds is 5. The first-order valence-corrected chi connectivity index (χ1v) is 11.4. The van der Waals surface area contributed by atoms with Gasteiger partial charge in [0, 0.05) is 43.0 Å². The molecule has 0 unspecified atom stereocenters. The SMILES string of the molecule is CC(C)n1c(=O)c(Cl)cc2cnc(NC3CCN(S(=O)(=O)c4cn[nH]c4)CC3)nc21. The third-order valence-electron chi connectivity index (χ3n) is 5.14. The fourth-order valence-electron chi connectivity index (χ4n) is 3.59. The van der Waals surface area contributed by atoms with Crippen LogP contribution in [0.3, 0.4) is 0 Å². The molecule has 4 heterocycles. The number of nitrogens with zero attached hydrogens (tertiary/aromatic N) is 5. The van der Waals surface area contributed by atoms with Gasteiger partial charge in [0.2, 0.25) is 16.0 Å². The van der Waals surface area contributed by atoms with Crippen LogP contribution in [0, 0.1) is 0 Å². The van der Waals surface area contributed by atoms with Gasteiger partial charge in [0.15, 0.2) is 0 Å². The molecule has 0 spiro atoms. The number of anilines is 1. The molecule has 0 atom stereocenters. The monoisotopic (exact) mass is 451 g/mol. The van der Waals surface area contributed by atoms with E-state index in [1.54, 1.807) is 16.8 Å². The number of hydrogen-bond acceptors (Lipinski definition) is 7. The predicted octanol–water partition coefficient (Wildman–Crippen LogP) is 2.01. The van der Waals surface area contributed by atoms with Crippen molar-refractivity contribution < 1.29 is 8.42 Å². The van der Waals surface area contributed by atoms with Gasteiger partial charge >= 0.3 is 0 Å². The van der Waals surface area contributed by atoms with Gasteiger partial charge in [-0.15, -0.1) is 0 Å². The third-order valence-corrected chi connectivity index (χ3v) is 7.28. The van der Waals surface area contributed by atoms with E-state index >= 15 is 0 Å². The molecule has 0 bridgehead atoms. The molecule has 1 saturated heterocycles. The lowest BCUT2D eigenvalue weighted by atomic mass is 10.1. The Bertz CT molecular complexity index is 1220. The van der Waals surface area contributed by atoms with Crippen LogP contribution in [0.15, 0.2) is 34.3 Å². The van der Waals surface area contributed by atoms with Crippen molar-refractivity contribution in [3.8, 4) is 0 Å². The summed E-state index contributed by atoms with van der Waals surface area (Å²) < 4.78 is 28.2. The van der Waals surface area contributed by atoms with E-state index in [-0.39, 0.29) is 27.6 Å². The molecule has 0 radical (unpaired) electrons. The fourth-order valence-corrected chi connectivity index (χ4v) is 5.17. The number of halogens is 1. The van der Waals surface area contributed by atoms with Crippen LogP contribution in [0.5, 0.6) is 0 Å². The van der Waals surface area contributed by atoms with Gasteiger partial charge in [0.05, 0.1) is 6.20 Å². The van der Waals surface area contributed by atoms with Gasteiger partial charge in [-0.25, -0.2) is 13.4 Å². The van der Waals surface area contributed by atoms with Gasteiger partial charge < -0.3 is 5.32 Å². The lowest BCUT2D eigenvalue weighted by Crippen LogP contribution is -2.42. The molecule has 0 saturated carbocycles. The Morgan fingerprint density at radius 3 is 2.63 bits per heavy atom. The van der Waals surface area contributed by atoms with E-state index in [2.05, 4.69) is 25.5 Å². The van der Waals surface area contributed by atoms with E-state index in [0.29, 0.717) is 42.9 Å². The smallest absolute Gasteiger partial charge is 0.271 e. The Kier molecular flexibility index (Phi) is 5.51. The maximum atomic E-state index is 12.6. The Morgan fingerprint density at radius 2 is 2.00 bits per heavy atom. The van der Waals surface area contributed by atoms with Crippen molar-refractivity contribution in [3.05, 3.63) is 40.0 Å². The molecular weight excluding hydrogens is 430 g/mol. The van der Waals surface area contributed by atoms with Gasteiger partial charge in [-0.3, -0.25) is 14.5 Å². The summed E-state index contributed by atoms with van der Waals surface area (Å²) in [5.41, 5.74) is 0.221. The van der Waals surface area contributed by atoms with Gasteiger partial charge in [-0.05, 0) is 32.8 Å². The van der Waals surface area contributed by atoms with E-state index in [0.717, 1.165) is 0 Å². The molecule has 160 valence electrons. The topological polar surface area (TPSA) is 126 Å². The molecule has 4 rings (SSSR count). The number of fused-ring (bicyclic) bond motifs is 1. The fraction of sp³-hybridized carbons (Fsp3) is 0.444. The molecule has 10 nitrogen and oxygen atoms in total. The van der Waals surface area contributed by atoms with E-state index in [1.807, 2.05) is 13.8 Å². The van der Waals surface area contributed by atoms with Crippen LogP contribution in [-0.2, 0) is 10.0 Å². The zero-order valence-electron chi connectivity index (χ0n) is 16.5. The highest BCUT2D eigenvalue weighted by molar-refractivity contribution is 7.89. The molecular formula is C18H22ClN7O3S. The van der Waals surface area contributed by atoms with Crippen molar-refractivity contribution >= 4 is 38.6 Å². The Labute approximate surface area is 178 Å². The molecule has 30 heavy (non-hydrogen) atoms. The molecule has 3 aromatic rings. The summed E-state index contributed by atoms with van der Waals surface area (Å²) in [6.45, 7) is 4.54. The van der Waals surface area contributed by atoms with Crippen LogP contribution in [-0.4, -0.2) is 56.6 Å². The number of pyridine rings is 1. The van der Waals surface area contributed by atoms with Gasteiger partial charge in [0.25, 0.3) is 5.56 Å². The second kappa shape index (κ2) is 7.97. The first-order valence-electron chi connectivity index (χ1n) is 9.60. The summed E-state index contributed by atoms with van der Waals surface area (Å²) in [5, 5.41) is 10.3. The lowest BCUT2D eigenvalue weighted by molar-refractivity contribution is 0.329. The second-order valence-electron chi connectivity index (χ2n) is 7.49. The summed E-state index contributed by atoms with van der Waals surface area (Å²) in [7, 11) is -3.54. The summed E-state index contributed by atoms with van der Waals surface area (Å²) in [5.74, 6) is 0.398. The summed E-state index contributed by atoms with van der Waals surface area (Å²) >= 11 is 6.06. The van der Waals surface area contributed by atoms with Crippen molar-refractivity contribution in [2.45, 2.75) is 43.7 Å². The minimum atomic E-state index is -3.54. The standard InChI is InChI=1S/C18H22ClN7O3S/c1-11(2)26-16-12(7-15(19)17(26)27)8-20-18(24-16)23-13-3-5-25(6-4-13)30(28,29)14-9-21-22-10-14/h7-11,13H,3-6H2,1-2H3,(H,21,22)(H,20,23,24). The summed E-state index contributed by atoms with van der Waals surface area (Å²) in [4.78, 5) is 21.5. The minimum absolute atomic E-state index is 0.0183. The van der Waals surface area contributed by atoms with Crippen LogP contribution in [0.25, 0.3) is 11.0 Å². The second-order valence-corrected chi connectivity index (χ2v) is 9.84. The van der Waals surface area contributed by atoms with Crippen molar-refractivity contribution in [3.63, 3.8) is 0 Å². The summed E-state index contributed by atoms with van der Waals surface area (Å²) in [6.07, 6.45) is 5.53. The van der Waals surface area contributed by atoms with Crippen LogP contribution in [0.4, 0.5) is 5.95 Å². The quantitative estimate of drug-likeness (QED) is 0.607. The molecule has 1 aliphatic heterocycles. The van der Waals surface area contributed by atoms with E-state index < -0.39 is 10.0 Å². The zero-order chi connectivity index (χ0) is 21.5. The minimum Gasteiger partial charge on any atom is -0.351 e. The maximum Gasteiger partial charge on any atom is 0.271 e. The molecule has 1 aliphatic rings. The number of H-pyrrole nitrogens is 1. The average Bonchev–Trinajstić information content (AvgIpc) is 3.25. The molecule has 2 N–H and O–H groups in total. The highest BCUT2D eigenvalue weighted by atomic mass is 35.5. The van der Waals surface area contributed by atoms with Gasteiger partial charge in [-0.1, -0.05) is 11.6 Å². The predicted molar refractivity (Wildman–Crippen MR) is 113 cm³/mol. The van der Waals surface area contributed by atoms with Crippen LogP contribution < -0.4 is 10.9 Å². The number of sulfonamides is 1. The maximum absolute atomic E-state index is 12.6. The molecule has 3 aromatic heterocycles. The molecule has 12 heteroatoms. The summed E-state index contributed by atoms with van der Waals surface area (Å²) in [6, 6.07) is 1.48. The Hall–Kier alpha value is -2.50. The first-order chi connectivity index (χ1) is 14.3. The van der Waals surface area contributed by atoms with Crippen LogP contribution >= 0.6 is 11.6 Å². The average molecular weight is 452 g/mol. The Balaban J connectivity index is 1.51. The van der Waals surface area contributed by atoms with E-state index in [4.69, 9.17) is 11.6 Å².